The van der Waals surface area contributed by atoms with Crippen molar-refractivity contribution in [1.82, 2.24) is 9.78 Å². The Kier molecular flexibility index (Phi) is 3.85. The molecular weight excluding hydrogens is 282 g/mol. The Hall–Kier alpha value is -1.28. The van der Waals surface area contributed by atoms with Crippen LogP contribution in [0.3, 0.4) is 0 Å². The SMILES string of the molecule is C#CCNc1c(Br)cnn(CC2CCC2)c1=O. The first-order valence-corrected chi connectivity index (χ1v) is 6.44. The molecule has 5 heteroatoms. The van der Waals surface area contributed by atoms with E-state index in [9.17, 15) is 4.79 Å². The summed E-state index contributed by atoms with van der Waals surface area (Å²) >= 11 is 3.30. The summed E-state index contributed by atoms with van der Waals surface area (Å²) in [6.07, 6.45) is 10.5. The number of nitrogens with zero attached hydrogens (tertiary/aromatic N) is 2. The Bertz CT molecular complexity index is 499. The molecule has 1 aliphatic carbocycles. The highest BCUT2D eigenvalue weighted by Crippen LogP contribution is 2.27. The van der Waals surface area contributed by atoms with Gasteiger partial charge in [0.25, 0.3) is 5.56 Å². The maximum absolute atomic E-state index is 12.1. The van der Waals surface area contributed by atoms with Gasteiger partial charge in [-0.15, -0.1) is 6.42 Å². The molecule has 0 spiro atoms. The second-order valence-corrected chi connectivity index (χ2v) is 5.06. The fourth-order valence-corrected chi connectivity index (χ4v) is 2.22. The molecule has 1 saturated carbocycles. The maximum Gasteiger partial charge on any atom is 0.291 e. The molecule has 1 fully saturated rings. The van der Waals surface area contributed by atoms with Gasteiger partial charge in [-0.25, -0.2) is 4.68 Å². The van der Waals surface area contributed by atoms with Crippen molar-refractivity contribution in [3.63, 3.8) is 0 Å². The highest BCUT2D eigenvalue weighted by molar-refractivity contribution is 9.10. The van der Waals surface area contributed by atoms with Crippen LogP contribution in [0.1, 0.15) is 19.3 Å². The lowest BCUT2D eigenvalue weighted by Gasteiger charge is -2.25. The number of halogens is 1. The summed E-state index contributed by atoms with van der Waals surface area (Å²) in [6.45, 7) is 1.04. The van der Waals surface area contributed by atoms with E-state index in [1.807, 2.05) is 0 Å². The quantitative estimate of drug-likeness (QED) is 0.863. The van der Waals surface area contributed by atoms with Crippen LogP contribution in [0.15, 0.2) is 15.5 Å². The Morgan fingerprint density at radius 1 is 1.65 bits per heavy atom. The van der Waals surface area contributed by atoms with E-state index in [4.69, 9.17) is 6.42 Å². The second kappa shape index (κ2) is 5.37. The topological polar surface area (TPSA) is 46.9 Å². The van der Waals surface area contributed by atoms with Gasteiger partial charge in [0.2, 0.25) is 0 Å². The van der Waals surface area contributed by atoms with Crippen molar-refractivity contribution in [2.75, 3.05) is 11.9 Å². The molecule has 0 bridgehead atoms. The van der Waals surface area contributed by atoms with Crippen molar-refractivity contribution in [2.45, 2.75) is 25.8 Å². The highest BCUT2D eigenvalue weighted by atomic mass is 79.9. The number of terminal acetylenes is 1. The van der Waals surface area contributed by atoms with Crippen molar-refractivity contribution in [3.8, 4) is 12.3 Å². The number of hydrogen-bond donors (Lipinski definition) is 1. The zero-order valence-corrected chi connectivity index (χ0v) is 11.0. The molecule has 0 amide bonds. The lowest BCUT2D eigenvalue weighted by molar-refractivity contribution is 0.262. The predicted molar refractivity (Wildman–Crippen MR) is 70.9 cm³/mol. The summed E-state index contributed by atoms with van der Waals surface area (Å²) in [4.78, 5) is 12.1. The molecule has 1 N–H and O–H groups in total. The van der Waals surface area contributed by atoms with Crippen LogP contribution in [-0.4, -0.2) is 16.3 Å². The monoisotopic (exact) mass is 295 g/mol. The number of anilines is 1. The van der Waals surface area contributed by atoms with Gasteiger partial charge in [0, 0.05) is 6.54 Å². The number of aromatic nitrogens is 2. The van der Waals surface area contributed by atoms with E-state index in [0.29, 0.717) is 29.2 Å². The molecule has 0 aliphatic heterocycles. The van der Waals surface area contributed by atoms with E-state index in [1.165, 1.54) is 23.9 Å². The van der Waals surface area contributed by atoms with E-state index < -0.39 is 0 Å². The van der Waals surface area contributed by atoms with Crippen LogP contribution in [0.5, 0.6) is 0 Å². The van der Waals surface area contributed by atoms with Gasteiger partial charge in [-0.1, -0.05) is 12.3 Å². The molecule has 17 heavy (non-hydrogen) atoms. The lowest BCUT2D eigenvalue weighted by atomic mass is 9.85. The van der Waals surface area contributed by atoms with Gasteiger partial charge in [0.1, 0.15) is 5.69 Å². The maximum atomic E-state index is 12.1. The number of nitrogens with one attached hydrogen (secondary N) is 1. The standard InChI is InChI=1S/C12H14BrN3O/c1-2-6-14-11-10(13)7-15-16(12(11)17)8-9-4-3-5-9/h1,7,9,14H,3-6,8H2. The molecule has 2 rings (SSSR count). The smallest absolute Gasteiger partial charge is 0.291 e. The molecule has 1 heterocycles. The fourth-order valence-electron chi connectivity index (χ4n) is 1.82. The van der Waals surface area contributed by atoms with Gasteiger partial charge < -0.3 is 5.32 Å². The van der Waals surface area contributed by atoms with Crippen LogP contribution in [0, 0.1) is 18.3 Å². The van der Waals surface area contributed by atoms with Crippen LogP contribution in [0.25, 0.3) is 0 Å². The zero-order valence-electron chi connectivity index (χ0n) is 9.45. The van der Waals surface area contributed by atoms with Gasteiger partial charge in [-0.3, -0.25) is 4.79 Å². The normalized spacial score (nSPS) is 15.1. The van der Waals surface area contributed by atoms with Crippen LogP contribution in [0.2, 0.25) is 0 Å². The van der Waals surface area contributed by atoms with Gasteiger partial charge in [-0.05, 0) is 34.7 Å². The minimum absolute atomic E-state index is 0.110. The fraction of sp³-hybridized carbons (Fsp3) is 0.500. The van der Waals surface area contributed by atoms with Gasteiger partial charge in [0.05, 0.1) is 17.2 Å². The highest BCUT2D eigenvalue weighted by Gasteiger charge is 2.19. The number of hydrogen-bond acceptors (Lipinski definition) is 3. The molecule has 1 aliphatic rings. The Morgan fingerprint density at radius 3 is 3.00 bits per heavy atom. The molecule has 90 valence electrons. The van der Waals surface area contributed by atoms with Crippen molar-refractivity contribution >= 4 is 21.6 Å². The Balaban J connectivity index is 2.22. The summed E-state index contributed by atoms with van der Waals surface area (Å²) in [7, 11) is 0. The van der Waals surface area contributed by atoms with Crippen LogP contribution in [-0.2, 0) is 6.54 Å². The first-order chi connectivity index (χ1) is 8.22. The third-order valence-corrected chi connectivity index (χ3v) is 3.62. The lowest BCUT2D eigenvalue weighted by Crippen LogP contribution is -2.31. The van der Waals surface area contributed by atoms with Crippen molar-refractivity contribution in [3.05, 3.63) is 21.0 Å². The molecule has 0 atom stereocenters. The minimum Gasteiger partial charge on any atom is -0.369 e. The summed E-state index contributed by atoms with van der Waals surface area (Å²) in [5.41, 5.74) is 0.388. The molecule has 1 aromatic heterocycles. The number of rotatable bonds is 4. The van der Waals surface area contributed by atoms with Crippen molar-refractivity contribution in [1.29, 1.82) is 0 Å². The molecule has 0 saturated heterocycles. The summed E-state index contributed by atoms with van der Waals surface area (Å²) in [6, 6.07) is 0. The summed E-state index contributed by atoms with van der Waals surface area (Å²) < 4.78 is 2.18. The largest absolute Gasteiger partial charge is 0.369 e. The molecule has 0 aromatic carbocycles. The average molecular weight is 296 g/mol. The first-order valence-electron chi connectivity index (χ1n) is 5.65. The summed E-state index contributed by atoms with van der Waals surface area (Å²) in [5, 5.41) is 7.06. The van der Waals surface area contributed by atoms with E-state index in [2.05, 4.69) is 32.3 Å². The van der Waals surface area contributed by atoms with Crippen LogP contribution in [0.4, 0.5) is 5.69 Å². The summed E-state index contributed by atoms with van der Waals surface area (Å²) in [5.74, 6) is 3.05. The van der Waals surface area contributed by atoms with Gasteiger partial charge in [-0.2, -0.15) is 5.10 Å². The third-order valence-electron chi connectivity index (χ3n) is 3.02. The predicted octanol–water partition coefficient (Wildman–Crippen LogP) is 1.85. The van der Waals surface area contributed by atoms with Gasteiger partial charge in [0.15, 0.2) is 0 Å². The van der Waals surface area contributed by atoms with Crippen LogP contribution >= 0.6 is 15.9 Å². The van der Waals surface area contributed by atoms with Crippen molar-refractivity contribution < 1.29 is 0 Å². The third kappa shape index (κ3) is 2.70. The molecule has 0 unspecified atom stereocenters. The van der Waals surface area contributed by atoms with E-state index in [1.54, 1.807) is 6.20 Å². The molecule has 1 aromatic rings. The van der Waals surface area contributed by atoms with Gasteiger partial charge >= 0.3 is 0 Å². The Morgan fingerprint density at radius 2 is 2.41 bits per heavy atom. The van der Waals surface area contributed by atoms with E-state index >= 15 is 0 Å². The molecular formula is C12H14BrN3O. The second-order valence-electron chi connectivity index (χ2n) is 4.21. The zero-order chi connectivity index (χ0) is 12.3. The molecule has 4 nitrogen and oxygen atoms in total. The van der Waals surface area contributed by atoms with E-state index in [0.717, 1.165) is 0 Å². The minimum atomic E-state index is -0.110. The first kappa shape index (κ1) is 12.2. The van der Waals surface area contributed by atoms with Crippen molar-refractivity contribution in [2.24, 2.45) is 5.92 Å². The molecule has 0 radical (unpaired) electrons. The Labute approximate surface area is 109 Å². The van der Waals surface area contributed by atoms with Crippen LogP contribution < -0.4 is 10.9 Å². The van der Waals surface area contributed by atoms with E-state index in [-0.39, 0.29) is 5.56 Å². The average Bonchev–Trinajstić information content (AvgIpc) is 2.25.